The number of aliphatic carboxylic acids is 1. The van der Waals surface area contributed by atoms with Crippen molar-refractivity contribution in [2.45, 2.75) is 57.0 Å². The molecule has 1 aromatic rings. The van der Waals surface area contributed by atoms with Crippen molar-refractivity contribution < 1.29 is 32.6 Å². The van der Waals surface area contributed by atoms with E-state index in [1.165, 1.54) is 18.4 Å². The Balaban J connectivity index is 0.000000318. The minimum atomic E-state index is -5.08. The summed E-state index contributed by atoms with van der Waals surface area (Å²) in [6, 6.07) is 2.59. The third-order valence-electron chi connectivity index (χ3n) is 5.94. The second kappa shape index (κ2) is 10.1. The molecule has 0 spiro atoms. The minimum absolute atomic E-state index is 0.0930. The van der Waals surface area contributed by atoms with E-state index in [1.807, 2.05) is 0 Å². The van der Waals surface area contributed by atoms with Crippen LogP contribution in [0, 0.1) is 11.8 Å². The van der Waals surface area contributed by atoms with E-state index in [0.717, 1.165) is 45.5 Å². The Kier molecular flexibility index (Phi) is 7.75. The maximum absolute atomic E-state index is 12.9. The highest BCUT2D eigenvalue weighted by Gasteiger charge is 2.44. The fourth-order valence-corrected chi connectivity index (χ4v) is 5.14. The van der Waals surface area contributed by atoms with Crippen molar-refractivity contribution in [2.75, 3.05) is 19.7 Å². The molecule has 3 heterocycles. The Bertz CT molecular complexity index is 707. The third-order valence-corrected chi connectivity index (χ3v) is 6.67. The van der Waals surface area contributed by atoms with E-state index in [2.05, 4.69) is 27.0 Å². The Morgan fingerprint density at radius 1 is 1.23 bits per heavy atom. The smallest absolute Gasteiger partial charge is 0.475 e. The van der Waals surface area contributed by atoms with Crippen molar-refractivity contribution in [3.63, 3.8) is 0 Å². The second-order valence-electron chi connectivity index (χ2n) is 8.09. The van der Waals surface area contributed by atoms with Gasteiger partial charge in [0, 0.05) is 38.2 Å². The van der Waals surface area contributed by atoms with Crippen LogP contribution in [0.4, 0.5) is 13.2 Å². The van der Waals surface area contributed by atoms with E-state index >= 15 is 0 Å². The molecule has 30 heavy (non-hydrogen) atoms. The molecule has 2 saturated heterocycles. The van der Waals surface area contributed by atoms with Crippen molar-refractivity contribution in [2.24, 2.45) is 11.8 Å². The summed E-state index contributed by atoms with van der Waals surface area (Å²) >= 11 is 1.74. The SMILES string of the molecule is O=C(NC1CCCC1)[C@@H]1CN(Cc2ccsc2)C[C@H]2OCC[C@H]21.O=C(O)C(F)(F)F. The number of rotatable bonds is 4. The number of thiophene rings is 1. The van der Waals surface area contributed by atoms with Gasteiger partial charge in [0.1, 0.15) is 0 Å². The molecule has 3 aliphatic rings. The van der Waals surface area contributed by atoms with E-state index in [1.54, 1.807) is 11.3 Å². The molecule has 4 rings (SSSR count). The first-order valence-corrected chi connectivity index (χ1v) is 11.1. The number of carboxylic acids is 1. The number of alkyl halides is 3. The van der Waals surface area contributed by atoms with Gasteiger partial charge in [-0.2, -0.15) is 24.5 Å². The van der Waals surface area contributed by atoms with Crippen LogP contribution in [0.1, 0.15) is 37.7 Å². The summed E-state index contributed by atoms with van der Waals surface area (Å²) in [5.74, 6) is -1.98. The average Bonchev–Trinajstić information content (AvgIpc) is 3.43. The quantitative estimate of drug-likeness (QED) is 0.739. The lowest BCUT2D eigenvalue weighted by Crippen LogP contribution is -2.53. The normalized spacial score (nSPS) is 27.2. The van der Waals surface area contributed by atoms with Gasteiger partial charge in [-0.1, -0.05) is 12.8 Å². The first kappa shape index (κ1) is 23.0. The van der Waals surface area contributed by atoms with Crippen LogP contribution in [-0.4, -0.2) is 59.9 Å². The monoisotopic (exact) mass is 448 g/mol. The largest absolute Gasteiger partial charge is 0.490 e. The molecule has 0 aromatic carbocycles. The molecule has 168 valence electrons. The van der Waals surface area contributed by atoms with Crippen LogP contribution in [0.25, 0.3) is 0 Å². The number of hydrogen-bond acceptors (Lipinski definition) is 5. The minimum Gasteiger partial charge on any atom is -0.475 e. The number of amides is 1. The molecule has 6 nitrogen and oxygen atoms in total. The van der Waals surface area contributed by atoms with Crippen LogP contribution in [-0.2, 0) is 20.9 Å². The Morgan fingerprint density at radius 2 is 1.93 bits per heavy atom. The average molecular weight is 449 g/mol. The van der Waals surface area contributed by atoms with E-state index in [4.69, 9.17) is 14.6 Å². The Hall–Kier alpha value is -1.65. The van der Waals surface area contributed by atoms with Gasteiger partial charge in [0.2, 0.25) is 5.91 Å². The summed E-state index contributed by atoms with van der Waals surface area (Å²) in [6.45, 7) is 3.59. The number of fused-ring (bicyclic) bond motifs is 1. The summed E-state index contributed by atoms with van der Waals surface area (Å²) in [5.41, 5.74) is 1.35. The number of ether oxygens (including phenoxy) is 1. The van der Waals surface area contributed by atoms with Crippen molar-refractivity contribution in [1.82, 2.24) is 10.2 Å². The predicted octanol–water partition coefficient (Wildman–Crippen LogP) is 3.28. The number of carbonyl (C=O) groups excluding carboxylic acids is 1. The van der Waals surface area contributed by atoms with Crippen molar-refractivity contribution >= 4 is 23.2 Å². The topological polar surface area (TPSA) is 78.9 Å². The number of halogens is 3. The maximum Gasteiger partial charge on any atom is 0.490 e. The van der Waals surface area contributed by atoms with Gasteiger partial charge in [-0.25, -0.2) is 4.79 Å². The number of nitrogens with one attached hydrogen (secondary N) is 1. The maximum atomic E-state index is 12.9. The molecule has 2 N–H and O–H groups in total. The Labute approximate surface area is 177 Å². The highest BCUT2D eigenvalue weighted by molar-refractivity contribution is 7.07. The van der Waals surface area contributed by atoms with Crippen molar-refractivity contribution in [1.29, 1.82) is 0 Å². The molecule has 0 radical (unpaired) electrons. The molecule has 3 atom stereocenters. The highest BCUT2D eigenvalue weighted by Crippen LogP contribution is 2.35. The van der Waals surface area contributed by atoms with E-state index < -0.39 is 12.1 Å². The zero-order valence-electron chi connectivity index (χ0n) is 16.6. The summed E-state index contributed by atoms with van der Waals surface area (Å²) in [5, 5.41) is 14.8. The molecule has 0 unspecified atom stereocenters. The van der Waals surface area contributed by atoms with Crippen LogP contribution in [0.3, 0.4) is 0 Å². The van der Waals surface area contributed by atoms with Gasteiger partial charge in [-0.05, 0) is 41.7 Å². The van der Waals surface area contributed by atoms with Crippen LogP contribution >= 0.6 is 11.3 Å². The second-order valence-corrected chi connectivity index (χ2v) is 8.87. The zero-order valence-corrected chi connectivity index (χ0v) is 17.4. The van der Waals surface area contributed by atoms with Gasteiger partial charge in [0.05, 0.1) is 12.0 Å². The molecular formula is C20H27F3N2O4S. The summed E-state index contributed by atoms with van der Waals surface area (Å²) in [4.78, 5) is 24.2. The first-order valence-electron chi connectivity index (χ1n) is 10.2. The molecule has 1 saturated carbocycles. The lowest BCUT2D eigenvalue weighted by molar-refractivity contribution is -0.192. The van der Waals surface area contributed by atoms with Gasteiger partial charge in [0.15, 0.2) is 0 Å². The first-order chi connectivity index (χ1) is 14.2. The number of carboxylic acid groups (broad SMARTS) is 1. The van der Waals surface area contributed by atoms with Crippen LogP contribution in [0.15, 0.2) is 16.8 Å². The molecule has 1 aromatic heterocycles. The fraction of sp³-hybridized carbons (Fsp3) is 0.700. The number of carbonyl (C=O) groups is 2. The van der Waals surface area contributed by atoms with Gasteiger partial charge in [-0.15, -0.1) is 0 Å². The fourth-order valence-electron chi connectivity index (χ4n) is 4.48. The lowest BCUT2D eigenvalue weighted by Gasteiger charge is -2.39. The van der Waals surface area contributed by atoms with Gasteiger partial charge < -0.3 is 15.2 Å². The number of hydrogen-bond donors (Lipinski definition) is 2. The van der Waals surface area contributed by atoms with E-state index in [0.29, 0.717) is 12.0 Å². The van der Waals surface area contributed by atoms with Crippen molar-refractivity contribution in [3.8, 4) is 0 Å². The van der Waals surface area contributed by atoms with Crippen LogP contribution in [0.5, 0.6) is 0 Å². The van der Waals surface area contributed by atoms with Gasteiger partial charge >= 0.3 is 12.1 Å². The van der Waals surface area contributed by atoms with E-state index in [-0.39, 0.29) is 17.9 Å². The zero-order chi connectivity index (χ0) is 21.7. The van der Waals surface area contributed by atoms with Crippen LogP contribution in [0.2, 0.25) is 0 Å². The standard InChI is InChI=1S/C18H26N2O2S.C2HF3O2/c21-18(19-14-3-1-2-4-14)16-10-20(9-13-6-8-23-12-13)11-17-15(16)5-7-22-17;3-2(4,5)1(6)7/h6,8,12,14-17H,1-5,7,9-11H2,(H,19,21);(H,6,7)/t15-,16+,17+;/m0./s1. The highest BCUT2D eigenvalue weighted by atomic mass is 32.1. The lowest BCUT2D eigenvalue weighted by atomic mass is 9.82. The number of piperidine rings is 1. The molecule has 3 fully saturated rings. The molecule has 1 aliphatic carbocycles. The molecule has 0 bridgehead atoms. The predicted molar refractivity (Wildman–Crippen MR) is 105 cm³/mol. The summed E-state index contributed by atoms with van der Waals surface area (Å²) in [6.07, 6.45) is 1.02. The molecule has 10 heteroatoms. The third kappa shape index (κ3) is 6.18. The van der Waals surface area contributed by atoms with Crippen molar-refractivity contribution in [3.05, 3.63) is 22.4 Å². The molecule has 2 aliphatic heterocycles. The van der Waals surface area contributed by atoms with Crippen LogP contribution < -0.4 is 5.32 Å². The molecular weight excluding hydrogens is 421 g/mol. The van der Waals surface area contributed by atoms with E-state index in [9.17, 15) is 18.0 Å². The number of likely N-dealkylation sites (tertiary alicyclic amines) is 1. The Morgan fingerprint density at radius 3 is 2.53 bits per heavy atom. The summed E-state index contributed by atoms with van der Waals surface area (Å²) < 4.78 is 37.7. The number of nitrogens with zero attached hydrogens (tertiary/aromatic N) is 1. The van der Waals surface area contributed by atoms with Gasteiger partial charge in [-0.3, -0.25) is 9.69 Å². The van der Waals surface area contributed by atoms with Gasteiger partial charge in [0.25, 0.3) is 0 Å². The molecule has 1 amide bonds. The summed E-state index contributed by atoms with van der Waals surface area (Å²) in [7, 11) is 0.